The highest BCUT2D eigenvalue weighted by molar-refractivity contribution is 6.19. The first kappa shape index (κ1) is 19.0. The lowest BCUT2D eigenvalue weighted by molar-refractivity contribution is 0.500. The largest absolute Gasteiger partial charge is 0.247 e. The summed E-state index contributed by atoms with van der Waals surface area (Å²) >= 11 is 0. The summed E-state index contributed by atoms with van der Waals surface area (Å²) < 4.78 is 43.7. The van der Waals surface area contributed by atoms with E-state index >= 15 is 0 Å². The Balaban J connectivity index is 2.15. The van der Waals surface area contributed by atoms with Gasteiger partial charge in [0.2, 0.25) is 0 Å². The Bertz CT molecular complexity index is 1670. The van der Waals surface area contributed by atoms with Crippen molar-refractivity contribution >= 4 is 44.1 Å². The third-order valence-corrected chi connectivity index (χ3v) is 5.34. The van der Waals surface area contributed by atoms with Gasteiger partial charge in [-0.1, -0.05) is 0 Å². The van der Waals surface area contributed by atoms with Gasteiger partial charge in [0.15, 0.2) is 17.5 Å². The molecule has 10 heteroatoms. The second kappa shape index (κ2) is 6.25. The number of nitriles is 1. The highest BCUT2D eigenvalue weighted by atomic mass is 19.2. The van der Waals surface area contributed by atoms with Gasteiger partial charge < -0.3 is 0 Å². The van der Waals surface area contributed by atoms with Gasteiger partial charge in [0, 0.05) is 0 Å². The van der Waals surface area contributed by atoms with E-state index in [1.54, 1.807) is 27.7 Å². The van der Waals surface area contributed by atoms with E-state index in [-0.39, 0.29) is 22.1 Å². The zero-order valence-corrected chi connectivity index (χ0v) is 16.8. The fourth-order valence-electron chi connectivity index (χ4n) is 3.46. The Morgan fingerprint density at radius 2 is 0.806 bits per heavy atom. The summed E-state index contributed by atoms with van der Waals surface area (Å²) in [5, 5.41) is 9.05. The number of benzene rings is 2. The maximum atomic E-state index is 14.8. The number of hydrogen-bond acceptors (Lipinski definition) is 7. The highest BCUT2D eigenvalue weighted by Crippen LogP contribution is 2.33. The Morgan fingerprint density at radius 3 is 1.16 bits per heavy atom. The molecule has 0 fully saturated rings. The lowest BCUT2D eigenvalue weighted by Gasteiger charge is -2.12. The predicted octanol–water partition coefficient (Wildman–Crippen LogP) is 4.19. The average Bonchev–Trinajstić information content (AvgIpc) is 2.74. The maximum absolute atomic E-state index is 14.8. The molecule has 7 nitrogen and oxygen atoms in total. The Morgan fingerprint density at radius 1 is 0.484 bits per heavy atom. The molecule has 152 valence electrons. The van der Waals surface area contributed by atoms with Crippen LogP contribution in [0, 0.1) is 56.5 Å². The molecular weight excluding hydrogens is 407 g/mol. The number of halogens is 3. The smallest absolute Gasteiger partial charge is 0.188 e. The Kier molecular flexibility index (Phi) is 3.83. The first-order valence-corrected chi connectivity index (χ1v) is 9.22. The highest BCUT2D eigenvalue weighted by Gasteiger charge is 2.25. The number of nitrogens with zero attached hydrogens (tertiary/aromatic N) is 7. The molecule has 0 atom stereocenters. The van der Waals surface area contributed by atoms with Crippen molar-refractivity contribution in [3.63, 3.8) is 0 Å². The molecule has 5 rings (SSSR count). The van der Waals surface area contributed by atoms with Gasteiger partial charge in [-0.15, -0.1) is 0 Å². The number of aromatic nitrogens is 6. The maximum Gasteiger partial charge on any atom is 0.188 e. The van der Waals surface area contributed by atoms with E-state index in [0.29, 0.717) is 33.8 Å². The lowest BCUT2D eigenvalue weighted by atomic mass is 10.1. The predicted molar refractivity (Wildman–Crippen MR) is 107 cm³/mol. The number of hydrogen-bond donors (Lipinski definition) is 0. The number of fused-ring (bicyclic) bond motifs is 7. The standard InChI is InChI=1S/C21H12F3N7/c1-6-8(3)28-18-16(26-6)17-19(29-9(4)7(2)27-17)21-20(18)30-14-12(23)10(5-25)11(22)13(24)15(14)31-21/h1-4H3. The third-order valence-electron chi connectivity index (χ3n) is 5.34. The fourth-order valence-corrected chi connectivity index (χ4v) is 3.46. The number of aryl methyl sites for hydroxylation is 4. The van der Waals surface area contributed by atoms with Crippen molar-refractivity contribution < 1.29 is 13.2 Å². The van der Waals surface area contributed by atoms with Crippen LogP contribution in [0.15, 0.2) is 0 Å². The van der Waals surface area contributed by atoms with Crippen LogP contribution in [0.2, 0.25) is 0 Å². The van der Waals surface area contributed by atoms with Crippen LogP contribution in [0.5, 0.6) is 0 Å². The minimum atomic E-state index is -1.62. The molecule has 0 unspecified atom stereocenters. The van der Waals surface area contributed by atoms with Gasteiger partial charge >= 0.3 is 0 Å². The molecule has 0 bridgehead atoms. The first-order valence-electron chi connectivity index (χ1n) is 9.22. The molecule has 31 heavy (non-hydrogen) atoms. The Hall–Kier alpha value is -4.00. The molecule has 0 saturated heterocycles. The van der Waals surface area contributed by atoms with Gasteiger partial charge in [0.25, 0.3) is 0 Å². The molecule has 0 amide bonds. The van der Waals surface area contributed by atoms with Gasteiger partial charge in [-0.2, -0.15) is 5.26 Å². The zero-order valence-electron chi connectivity index (χ0n) is 16.8. The minimum Gasteiger partial charge on any atom is -0.247 e. The molecule has 0 aliphatic carbocycles. The van der Waals surface area contributed by atoms with E-state index in [2.05, 4.69) is 29.9 Å². The van der Waals surface area contributed by atoms with Crippen molar-refractivity contribution in [2.75, 3.05) is 0 Å². The van der Waals surface area contributed by atoms with Crippen LogP contribution in [0.1, 0.15) is 28.3 Å². The molecule has 3 heterocycles. The molecule has 0 spiro atoms. The summed E-state index contributed by atoms with van der Waals surface area (Å²) in [5.41, 5.74) is 1.76. The van der Waals surface area contributed by atoms with Crippen LogP contribution in [0.4, 0.5) is 13.2 Å². The van der Waals surface area contributed by atoms with Crippen LogP contribution < -0.4 is 0 Å². The van der Waals surface area contributed by atoms with Gasteiger partial charge in [0.1, 0.15) is 55.8 Å². The lowest BCUT2D eigenvalue weighted by Crippen LogP contribution is -2.05. The monoisotopic (exact) mass is 419 g/mol. The van der Waals surface area contributed by atoms with Gasteiger partial charge in [-0.3, -0.25) is 0 Å². The van der Waals surface area contributed by atoms with E-state index in [9.17, 15) is 13.2 Å². The summed E-state index contributed by atoms with van der Waals surface area (Å²) in [4.78, 5) is 26.6. The molecular formula is C21H12F3N7. The molecule has 0 radical (unpaired) electrons. The van der Waals surface area contributed by atoms with Crippen LogP contribution >= 0.6 is 0 Å². The van der Waals surface area contributed by atoms with Crippen molar-refractivity contribution in [1.82, 2.24) is 29.9 Å². The second-order valence-electron chi connectivity index (χ2n) is 7.23. The normalized spacial score (nSPS) is 11.7. The van der Waals surface area contributed by atoms with E-state index in [1.807, 2.05) is 0 Å². The SMILES string of the molecule is Cc1nc2c3nc(C)c(C)nc3c3nc4c(F)c(C#N)c(F)c(F)c4nc3c2nc1C. The van der Waals surface area contributed by atoms with Gasteiger partial charge in [0.05, 0.1) is 22.8 Å². The summed E-state index contributed by atoms with van der Waals surface area (Å²) in [7, 11) is 0. The molecule has 3 aromatic heterocycles. The summed E-state index contributed by atoms with van der Waals surface area (Å²) in [6.07, 6.45) is 0. The van der Waals surface area contributed by atoms with Crippen molar-refractivity contribution in [3.05, 3.63) is 45.8 Å². The first-order chi connectivity index (χ1) is 14.7. The molecule has 5 aromatic rings. The molecule has 0 N–H and O–H groups in total. The van der Waals surface area contributed by atoms with Crippen LogP contribution in [-0.2, 0) is 0 Å². The van der Waals surface area contributed by atoms with E-state index in [1.165, 1.54) is 6.07 Å². The van der Waals surface area contributed by atoms with Crippen LogP contribution in [-0.4, -0.2) is 29.9 Å². The summed E-state index contributed by atoms with van der Waals surface area (Å²) in [6.45, 7) is 7.07. The van der Waals surface area contributed by atoms with E-state index in [4.69, 9.17) is 5.26 Å². The van der Waals surface area contributed by atoms with E-state index in [0.717, 1.165) is 0 Å². The summed E-state index contributed by atoms with van der Waals surface area (Å²) in [5.74, 6) is -4.36. The topological polar surface area (TPSA) is 101 Å². The minimum absolute atomic E-state index is 0.0885. The Labute approximate surface area is 172 Å². The molecule has 0 aliphatic heterocycles. The number of rotatable bonds is 0. The van der Waals surface area contributed by atoms with Gasteiger partial charge in [-0.25, -0.2) is 43.1 Å². The van der Waals surface area contributed by atoms with Crippen molar-refractivity contribution in [2.45, 2.75) is 27.7 Å². The second-order valence-corrected chi connectivity index (χ2v) is 7.23. The summed E-state index contributed by atoms with van der Waals surface area (Å²) in [6, 6.07) is 1.33. The zero-order chi connectivity index (χ0) is 22.2. The van der Waals surface area contributed by atoms with Crippen LogP contribution in [0.3, 0.4) is 0 Å². The fraction of sp³-hybridized carbons (Fsp3) is 0.190. The van der Waals surface area contributed by atoms with Crippen molar-refractivity contribution in [2.24, 2.45) is 0 Å². The quantitative estimate of drug-likeness (QED) is 0.211. The average molecular weight is 419 g/mol. The van der Waals surface area contributed by atoms with Crippen molar-refractivity contribution in [1.29, 1.82) is 5.26 Å². The molecule has 0 aliphatic rings. The van der Waals surface area contributed by atoms with Gasteiger partial charge in [-0.05, 0) is 27.7 Å². The molecule has 2 aromatic carbocycles. The molecule has 0 saturated carbocycles. The van der Waals surface area contributed by atoms with Crippen molar-refractivity contribution in [3.8, 4) is 6.07 Å². The van der Waals surface area contributed by atoms with Crippen LogP contribution in [0.25, 0.3) is 44.1 Å². The van der Waals surface area contributed by atoms with E-state index < -0.39 is 34.0 Å². The third kappa shape index (κ3) is 2.46.